The van der Waals surface area contributed by atoms with Crippen LogP contribution in [0.4, 0.5) is 5.69 Å². The summed E-state index contributed by atoms with van der Waals surface area (Å²) < 4.78 is 5.36. The third-order valence-electron chi connectivity index (χ3n) is 4.99. The molecule has 2 aromatic carbocycles. The van der Waals surface area contributed by atoms with Gasteiger partial charge in [0.25, 0.3) is 0 Å². The molecule has 152 valence electrons. The molecule has 5 heteroatoms. The molecule has 0 radical (unpaired) electrons. The van der Waals surface area contributed by atoms with Gasteiger partial charge in [-0.2, -0.15) is 0 Å². The van der Waals surface area contributed by atoms with Gasteiger partial charge in [0.15, 0.2) is 0 Å². The molecule has 4 nitrogen and oxygen atoms in total. The van der Waals surface area contributed by atoms with E-state index in [1.807, 2.05) is 31.2 Å². The second kappa shape index (κ2) is 9.31. The molecular weight excluding hydrogens is 382 g/mol. The fourth-order valence-electron chi connectivity index (χ4n) is 3.39. The zero-order chi connectivity index (χ0) is 21.0. The highest BCUT2D eigenvalue weighted by Crippen LogP contribution is 2.28. The van der Waals surface area contributed by atoms with Crippen LogP contribution in [0.5, 0.6) is 0 Å². The molecule has 0 aliphatic carbocycles. The number of benzene rings is 2. The maximum absolute atomic E-state index is 12.5. The van der Waals surface area contributed by atoms with E-state index < -0.39 is 0 Å². The number of amides is 1. The minimum atomic E-state index is -0.354. The Morgan fingerprint density at radius 2 is 1.97 bits per heavy atom. The Balaban J connectivity index is 1.69. The first kappa shape index (κ1) is 21.2. The lowest BCUT2D eigenvalue weighted by Crippen LogP contribution is -2.17. The summed E-state index contributed by atoms with van der Waals surface area (Å²) >= 11 is 1.49. The first-order valence-electron chi connectivity index (χ1n) is 9.91. The molecule has 0 atom stereocenters. The van der Waals surface area contributed by atoms with E-state index in [9.17, 15) is 9.59 Å². The molecule has 3 rings (SSSR count). The van der Waals surface area contributed by atoms with E-state index >= 15 is 0 Å². The Hall–Kier alpha value is -2.53. The van der Waals surface area contributed by atoms with Crippen molar-refractivity contribution in [2.24, 2.45) is 0 Å². The maximum Gasteiger partial charge on any atom is 0.336 e. The van der Waals surface area contributed by atoms with Crippen LogP contribution in [0, 0.1) is 6.92 Å². The van der Waals surface area contributed by atoms with Crippen molar-refractivity contribution < 1.29 is 9.21 Å². The third kappa shape index (κ3) is 5.10. The topological polar surface area (TPSA) is 59.3 Å². The second-order valence-corrected chi connectivity index (χ2v) is 8.50. The maximum atomic E-state index is 12.5. The number of carbonyl (C=O) groups excluding carboxylic acids is 1. The van der Waals surface area contributed by atoms with Crippen LogP contribution in [0.1, 0.15) is 48.9 Å². The molecule has 0 unspecified atom stereocenters. The highest BCUT2D eigenvalue weighted by molar-refractivity contribution is 7.99. The molecule has 0 spiro atoms. The van der Waals surface area contributed by atoms with E-state index in [-0.39, 0.29) is 11.5 Å². The monoisotopic (exact) mass is 409 g/mol. The molecule has 0 aliphatic heterocycles. The van der Waals surface area contributed by atoms with Crippen molar-refractivity contribution in [3.8, 4) is 0 Å². The van der Waals surface area contributed by atoms with E-state index in [0.717, 1.165) is 39.7 Å². The number of rotatable bonds is 7. The molecule has 1 aromatic heterocycles. The average molecular weight is 410 g/mol. The van der Waals surface area contributed by atoms with Gasteiger partial charge in [-0.25, -0.2) is 4.79 Å². The van der Waals surface area contributed by atoms with Gasteiger partial charge >= 0.3 is 5.63 Å². The lowest BCUT2D eigenvalue weighted by Gasteiger charge is -2.16. The van der Waals surface area contributed by atoms with Crippen LogP contribution in [0.25, 0.3) is 11.0 Å². The number of carbonyl (C=O) groups is 1. The fourth-order valence-corrected chi connectivity index (χ4v) is 4.20. The average Bonchev–Trinajstić information content (AvgIpc) is 2.68. The van der Waals surface area contributed by atoms with Crippen molar-refractivity contribution in [2.75, 3.05) is 11.1 Å². The third-order valence-corrected chi connectivity index (χ3v) is 5.97. The van der Waals surface area contributed by atoms with Gasteiger partial charge in [0.1, 0.15) is 5.58 Å². The predicted octanol–water partition coefficient (Wildman–Crippen LogP) is 5.66. The molecular formula is C24H27NO3S. The fraction of sp³-hybridized carbons (Fsp3) is 0.333. The number of nitrogens with one attached hydrogen (secondary N) is 1. The Morgan fingerprint density at radius 3 is 2.69 bits per heavy atom. The van der Waals surface area contributed by atoms with E-state index in [4.69, 9.17) is 4.42 Å². The van der Waals surface area contributed by atoms with Crippen molar-refractivity contribution in [2.45, 2.75) is 45.8 Å². The van der Waals surface area contributed by atoms with E-state index in [0.29, 0.717) is 23.0 Å². The van der Waals surface area contributed by atoms with Crippen LogP contribution < -0.4 is 10.9 Å². The highest BCUT2D eigenvalue weighted by atomic mass is 32.2. The van der Waals surface area contributed by atoms with Gasteiger partial charge in [0.2, 0.25) is 5.91 Å². The summed E-state index contributed by atoms with van der Waals surface area (Å²) in [5.74, 6) is 1.19. The molecule has 0 saturated heterocycles. The van der Waals surface area contributed by atoms with Crippen LogP contribution in [0.2, 0.25) is 0 Å². The number of para-hydroxylation sites is 1. The zero-order valence-electron chi connectivity index (χ0n) is 17.4. The van der Waals surface area contributed by atoms with Gasteiger partial charge < -0.3 is 9.73 Å². The normalized spacial score (nSPS) is 11.2. The van der Waals surface area contributed by atoms with Gasteiger partial charge in [-0.15, -0.1) is 11.8 Å². The summed E-state index contributed by atoms with van der Waals surface area (Å²) in [5.41, 5.74) is 5.39. The molecule has 1 amide bonds. The van der Waals surface area contributed by atoms with Crippen LogP contribution in [0.15, 0.2) is 51.7 Å². The van der Waals surface area contributed by atoms with Crippen LogP contribution in [-0.2, 0) is 17.0 Å². The number of anilines is 1. The van der Waals surface area contributed by atoms with Gasteiger partial charge in [0, 0.05) is 22.9 Å². The summed E-state index contributed by atoms with van der Waals surface area (Å²) in [6.07, 6.45) is 0.885. The largest absolute Gasteiger partial charge is 0.423 e. The van der Waals surface area contributed by atoms with E-state index in [1.165, 1.54) is 17.8 Å². The Morgan fingerprint density at radius 1 is 1.17 bits per heavy atom. The molecule has 0 fully saturated rings. The van der Waals surface area contributed by atoms with E-state index in [1.54, 1.807) is 0 Å². The minimum Gasteiger partial charge on any atom is -0.423 e. The molecule has 1 N–H and O–H groups in total. The summed E-state index contributed by atoms with van der Waals surface area (Å²) in [6.45, 7) is 8.32. The quantitative estimate of drug-likeness (QED) is 0.512. The SMILES string of the molecule is CCc1ccc2c(CSCC(=O)Nc3c(C)cccc3C(C)C)cc(=O)oc2c1. The van der Waals surface area contributed by atoms with Gasteiger partial charge in [0.05, 0.1) is 5.75 Å². The molecule has 29 heavy (non-hydrogen) atoms. The van der Waals surface area contributed by atoms with E-state index in [2.05, 4.69) is 38.2 Å². The summed E-state index contributed by atoms with van der Waals surface area (Å²) in [5, 5.41) is 4.00. The molecule has 0 bridgehead atoms. The molecule has 0 aliphatic rings. The van der Waals surface area contributed by atoms with Crippen LogP contribution in [0.3, 0.4) is 0 Å². The first-order valence-corrected chi connectivity index (χ1v) is 11.1. The van der Waals surface area contributed by atoms with Crippen molar-refractivity contribution in [3.05, 3.63) is 75.1 Å². The first-order chi connectivity index (χ1) is 13.9. The number of aryl methyl sites for hydroxylation is 2. The summed E-state index contributed by atoms with van der Waals surface area (Å²) in [4.78, 5) is 24.5. The number of hydrogen-bond donors (Lipinski definition) is 1. The lowest BCUT2D eigenvalue weighted by molar-refractivity contribution is -0.113. The lowest BCUT2D eigenvalue weighted by atomic mass is 9.98. The number of hydrogen-bond acceptors (Lipinski definition) is 4. The number of fused-ring (bicyclic) bond motifs is 1. The van der Waals surface area contributed by atoms with Crippen molar-refractivity contribution >= 4 is 34.3 Å². The summed E-state index contributed by atoms with van der Waals surface area (Å²) in [7, 11) is 0. The van der Waals surface area contributed by atoms with Crippen molar-refractivity contribution in [3.63, 3.8) is 0 Å². The molecule has 3 aromatic rings. The van der Waals surface area contributed by atoms with Gasteiger partial charge in [-0.3, -0.25) is 4.79 Å². The van der Waals surface area contributed by atoms with Crippen LogP contribution in [-0.4, -0.2) is 11.7 Å². The van der Waals surface area contributed by atoms with Gasteiger partial charge in [-0.1, -0.05) is 51.1 Å². The smallest absolute Gasteiger partial charge is 0.336 e. The standard InChI is InChI=1S/C24H27NO3S/c1-5-17-9-10-20-18(12-23(27)28-21(20)11-17)13-29-14-22(26)25-24-16(4)7-6-8-19(24)15(2)3/h6-12,15H,5,13-14H2,1-4H3,(H,25,26). The van der Waals surface area contributed by atoms with Crippen LogP contribution >= 0.6 is 11.8 Å². The molecule has 1 heterocycles. The Labute approximate surface area is 175 Å². The number of thioether (sulfide) groups is 1. The van der Waals surface area contributed by atoms with Crippen molar-refractivity contribution in [1.82, 2.24) is 0 Å². The Kier molecular flexibility index (Phi) is 6.80. The Bertz CT molecular complexity index is 1090. The van der Waals surface area contributed by atoms with Crippen molar-refractivity contribution in [1.29, 1.82) is 0 Å². The zero-order valence-corrected chi connectivity index (χ0v) is 18.2. The van der Waals surface area contributed by atoms with Gasteiger partial charge in [-0.05, 0) is 47.6 Å². The summed E-state index contributed by atoms with van der Waals surface area (Å²) in [6, 6.07) is 13.6. The second-order valence-electron chi connectivity index (χ2n) is 7.51. The predicted molar refractivity (Wildman–Crippen MR) is 122 cm³/mol. The minimum absolute atomic E-state index is 0.0354. The highest BCUT2D eigenvalue weighted by Gasteiger charge is 2.13. The molecule has 0 saturated carbocycles.